The van der Waals surface area contributed by atoms with Gasteiger partial charge in [-0.05, 0) is 0 Å². The lowest BCUT2D eigenvalue weighted by Crippen LogP contribution is -1.99. The average Bonchev–Trinajstić information content (AvgIpc) is 1.77. The van der Waals surface area contributed by atoms with Gasteiger partial charge in [0.05, 0.1) is 0 Å². The molecule has 0 aromatic rings. The van der Waals surface area contributed by atoms with E-state index in [9.17, 15) is 0 Å². The van der Waals surface area contributed by atoms with Crippen LogP contribution in [0.4, 0.5) is 0 Å². The summed E-state index contributed by atoms with van der Waals surface area (Å²) in [6.07, 6.45) is 2.36. The molecule has 0 aromatic heterocycles. The quantitative estimate of drug-likeness (QED) is 0.466. The maximum Gasteiger partial charge on any atom is 0.104 e. The molecule has 0 amide bonds. The Morgan fingerprint density at radius 3 is 3.00 bits per heavy atom. The zero-order chi connectivity index (χ0) is 5.98. The highest BCUT2D eigenvalue weighted by atomic mass is 16.3. The number of allylic oxidation sites excluding steroid dienone is 2. The minimum absolute atomic E-state index is 0.247. The Morgan fingerprint density at radius 2 is 2.62 bits per heavy atom. The second-order valence-electron chi connectivity index (χ2n) is 2.00. The van der Waals surface area contributed by atoms with Crippen LogP contribution in [0.5, 0.6) is 0 Å². The molecule has 0 radical (unpaired) electrons. The fourth-order valence-electron chi connectivity index (χ4n) is 0.584. The monoisotopic (exact) mass is 108 g/mol. The summed E-state index contributed by atoms with van der Waals surface area (Å²) in [5, 5.41) is 8.94. The summed E-state index contributed by atoms with van der Waals surface area (Å²) in [7, 11) is 0. The van der Waals surface area contributed by atoms with E-state index in [-0.39, 0.29) is 5.92 Å². The first-order chi connectivity index (χ1) is 3.80. The van der Waals surface area contributed by atoms with Crippen LogP contribution in [-0.4, -0.2) is 5.11 Å². The van der Waals surface area contributed by atoms with Crippen molar-refractivity contribution in [3.05, 3.63) is 11.8 Å². The van der Waals surface area contributed by atoms with Crippen molar-refractivity contribution in [2.24, 2.45) is 5.92 Å². The van der Waals surface area contributed by atoms with Crippen LogP contribution >= 0.6 is 0 Å². The van der Waals surface area contributed by atoms with Crippen molar-refractivity contribution in [1.82, 2.24) is 0 Å². The molecule has 1 atom stereocenters. The van der Waals surface area contributed by atoms with Crippen molar-refractivity contribution >= 4 is 0 Å². The van der Waals surface area contributed by atoms with Crippen LogP contribution in [0.1, 0.15) is 13.3 Å². The third kappa shape index (κ3) is 0.840. The molecule has 0 saturated heterocycles. The van der Waals surface area contributed by atoms with E-state index >= 15 is 0 Å². The van der Waals surface area contributed by atoms with Gasteiger partial charge in [0.1, 0.15) is 5.76 Å². The lowest BCUT2D eigenvalue weighted by molar-refractivity contribution is 0.342. The molecule has 1 heteroatoms. The molecule has 1 unspecified atom stereocenters. The maximum atomic E-state index is 8.94. The lowest BCUT2D eigenvalue weighted by atomic mass is 10.0. The summed E-state index contributed by atoms with van der Waals surface area (Å²) in [5.74, 6) is 6.25. The Balaban J connectivity index is 2.73. The van der Waals surface area contributed by atoms with Crippen LogP contribution in [0.15, 0.2) is 11.8 Å². The predicted octanol–water partition coefficient (Wildman–Crippen LogP) is 1.47. The van der Waals surface area contributed by atoms with Gasteiger partial charge in [0.25, 0.3) is 0 Å². The summed E-state index contributed by atoms with van der Waals surface area (Å²) < 4.78 is 0. The Morgan fingerprint density at radius 1 is 1.88 bits per heavy atom. The van der Waals surface area contributed by atoms with Gasteiger partial charge in [0.2, 0.25) is 0 Å². The summed E-state index contributed by atoms with van der Waals surface area (Å²) >= 11 is 0. The third-order valence-electron chi connectivity index (χ3n) is 1.24. The second kappa shape index (κ2) is 1.92. The molecule has 0 bridgehead atoms. The van der Waals surface area contributed by atoms with E-state index in [1.54, 1.807) is 6.08 Å². The Kier molecular flexibility index (Phi) is 1.26. The number of hydrogen-bond acceptors (Lipinski definition) is 1. The fourth-order valence-corrected chi connectivity index (χ4v) is 0.584. The predicted molar refractivity (Wildman–Crippen MR) is 32.3 cm³/mol. The van der Waals surface area contributed by atoms with E-state index in [0.717, 1.165) is 6.42 Å². The average molecular weight is 108 g/mol. The smallest absolute Gasteiger partial charge is 0.104 e. The molecular weight excluding hydrogens is 100 g/mol. The van der Waals surface area contributed by atoms with E-state index < -0.39 is 0 Å². The van der Waals surface area contributed by atoms with Crippen LogP contribution in [0.2, 0.25) is 0 Å². The third-order valence-corrected chi connectivity index (χ3v) is 1.24. The van der Waals surface area contributed by atoms with Gasteiger partial charge in [-0.15, -0.1) is 0 Å². The zero-order valence-electron chi connectivity index (χ0n) is 4.81. The van der Waals surface area contributed by atoms with Crippen molar-refractivity contribution < 1.29 is 5.11 Å². The molecule has 0 spiro atoms. The molecule has 0 aromatic carbocycles. The van der Waals surface area contributed by atoms with Gasteiger partial charge >= 0.3 is 0 Å². The Bertz CT molecular complexity index is 169. The van der Waals surface area contributed by atoms with Gasteiger partial charge in [-0.2, -0.15) is 0 Å². The molecule has 0 aliphatic heterocycles. The summed E-state index contributed by atoms with van der Waals surface area (Å²) in [6, 6.07) is 0. The van der Waals surface area contributed by atoms with E-state index in [1.807, 2.05) is 6.92 Å². The maximum absolute atomic E-state index is 8.94. The van der Waals surface area contributed by atoms with Crippen molar-refractivity contribution in [2.75, 3.05) is 0 Å². The molecule has 1 rings (SSSR count). The summed E-state index contributed by atoms with van der Waals surface area (Å²) in [4.78, 5) is 0. The minimum Gasteiger partial charge on any atom is -0.511 e. The van der Waals surface area contributed by atoms with Gasteiger partial charge < -0.3 is 5.11 Å². The van der Waals surface area contributed by atoms with E-state index in [1.165, 1.54) is 0 Å². The standard InChI is InChI=1S/C7H8O/c1-6-4-2-3-5-7(6)8/h5-6,8H,4H2,1H3. The topological polar surface area (TPSA) is 20.2 Å². The molecule has 0 heterocycles. The molecule has 8 heavy (non-hydrogen) atoms. The van der Waals surface area contributed by atoms with E-state index in [2.05, 4.69) is 11.8 Å². The van der Waals surface area contributed by atoms with Crippen molar-refractivity contribution in [1.29, 1.82) is 0 Å². The molecule has 42 valence electrons. The summed E-state index contributed by atoms with van der Waals surface area (Å²) in [5.41, 5.74) is 0. The number of aliphatic hydroxyl groups excluding tert-OH is 1. The van der Waals surface area contributed by atoms with Crippen molar-refractivity contribution in [3.63, 3.8) is 0 Å². The largest absolute Gasteiger partial charge is 0.511 e. The summed E-state index contributed by atoms with van der Waals surface area (Å²) in [6.45, 7) is 1.96. The number of aliphatic hydroxyl groups is 1. The van der Waals surface area contributed by atoms with E-state index in [4.69, 9.17) is 5.11 Å². The molecule has 1 N–H and O–H groups in total. The first-order valence-corrected chi connectivity index (χ1v) is 2.68. The fraction of sp³-hybridized carbons (Fsp3) is 0.429. The van der Waals surface area contributed by atoms with Crippen LogP contribution in [0.25, 0.3) is 0 Å². The van der Waals surface area contributed by atoms with Crippen molar-refractivity contribution in [2.45, 2.75) is 13.3 Å². The SMILES string of the molecule is CC1CC#CC=C1O. The second-order valence-corrected chi connectivity index (χ2v) is 2.00. The normalized spacial score (nSPS) is 25.6. The molecule has 1 aliphatic rings. The van der Waals surface area contributed by atoms with Gasteiger partial charge in [0.15, 0.2) is 0 Å². The van der Waals surface area contributed by atoms with Crippen LogP contribution < -0.4 is 0 Å². The molecule has 1 nitrogen and oxygen atoms in total. The number of hydrogen-bond donors (Lipinski definition) is 1. The van der Waals surface area contributed by atoms with Gasteiger partial charge in [-0.1, -0.05) is 18.8 Å². The molecule has 0 saturated carbocycles. The molecule has 0 fully saturated rings. The van der Waals surface area contributed by atoms with Crippen LogP contribution in [-0.2, 0) is 0 Å². The zero-order valence-corrected chi connectivity index (χ0v) is 4.81. The highest BCUT2D eigenvalue weighted by Crippen LogP contribution is 2.12. The lowest BCUT2D eigenvalue weighted by Gasteiger charge is -2.06. The first kappa shape index (κ1) is 5.24. The Labute approximate surface area is 49.0 Å². The highest BCUT2D eigenvalue weighted by Gasteiger charge is 2.05. The Hall–Kier alpha value is -0.900. The van der Waals surface area contributed by atoms with Crippen LogP contribution in [0.3, 0.4) is 0 Å². The number of rotatable bonds is 0. The first-order valence-electron chi connectivity index (χ1n) is 2.68. The molecule has 1 aliphatic carbocycles. The minimum atomic E-state index is 0.247. The van der Waals surface area contributed by atoms with Gasteiger partial charge in [-0.3, -0.25) is 0 Å². The highest BCUT2D eigenvalue weighted by molar-refractivity contribution is 5.24. The van der Waals surface area contributed by atoms with Gasteiger partial charge in [-0.25, -0.2) is 0 Å². The molecular formula is C7H8O. The van der Waals surface area contributed by atoms with Crippen molar-refractivity contribution in [3.8, 4) is 11.8 Å². The van der Waals surface area contributed by atoms with Gasteiger partial charge in [0, 0.05) is 18.4 Å². The van der Waals surface area contributed by atoms with E-state index in [0.29, 0.717) is 5.76 Å². The van der Waals surface area contributed by atoms with Crippen LogP contribution in [0, 0.1) is 17.8 Å².